The fraction of sp³-hybridized carbons (Fsp3) is 0.0625. The third kappa shape index (κ3) is 6.56. The first-order valence-electron chi connectivity index (χ1n) is 22.8. The molecule has 2 aliphatic rings. The van der Waals surface area contributed by atoms with E-state index in [1.165, 1.54) is 61.2 Å². The predicted octanol–water partition coefficient (Wildman–Crippen LogP) is 17.4. The summed E-state index contributed by atoms with van der Waals surface area (Å²) in [6.07, 6.45) is 11.2. The summed E-state index contributed by atoms with van der Waals surface area (Å²) < 4.78 is 6.87. The number of fused-ring (bicyclic) bond motifs is 7. The summed E-state index contributed by atoms with van der Waals surface area (Å²) in [6.45, 7) is 12.7. The van der Waals surface area contributed by atoms with E-state index in [9.17, 15) is 0 Å². The van der Waals surface area contributed by atoms with Gasteiger partial charge < -0.3 is 9.32 Å². The van der Waals surface area contributed by atoms with Gasteiger partial charge in [-0.15, -0.1) is 0 Å². The number of benzene rings is 8. The number of rotatable bonds is 10. The monoisotopic (exact) mass is 847 g/mol. The molecular weight excluding hydrogens is 799 g/mol. The van der Waals surface area contributed by atoms with Crippen molar-refractivity contribution in [2.24, 2.45) is 0 Å². The fourth-order valence-corrected chi connectivity index (χ4v) is 10.6. The van der Waals surface area contributed by atoms with Crippen molar-refractivity contribution in [3.63, 3.8) is 0 Å². The highest BCUT2D eigenvalue weighted by atomic mass is 16.3. The molecule has 316 valence electrons. The zero-order chi connectivity index (χ0) is 44.8. The lowest BCUT2D eigenvalue weighted by Gasteiger charge is -2.35. The van der Waals surface area contributed by atoms with Gasteiger partial charge in [0.15, 0.2) is 0 Å². The third-order valence-electron chi connectivity index (χ3n) is 13.7. The maximum Gasteiger partial charge on any atom is 0.143 e. The average Bonchev–Trinajstić information content (AvgIpc) is 4.00. The molecular formula is C64H49NO. The summed E-state index contributed by atoms with van der Waals surface area (Å²) >= 11 is 0. The van der Waals surface area contributed by atoms with E-state index in [4.69, 9.17) is 4.42 Å². The van der Waals surface area contributed by atoms with Crippen molar-refractivity contribution in [3.8, 4) is 22.3 Å². The highest BCUT2D eigenvalue weighted by Crippen LogP contribution is 2.59. The number of allylic oxidation sites excluding steroid dienone is 10. The molecule has 8 aromatic carbocycles. The Hall–Kier alpha value is -8.20. The maximum absolute atomic E-state index is 6.87. The van der Waals surface area contributed by atoms with Crippen molar-refractivity contribution in [1.82, 2.24) is 0 Å². The first kappa shape index (κ1) is 40.6. The minimum absolute atomic E-state index is 0.633. The zero-order valence-corrected chi connectivity index (χ0v) is 37.3. The normalized spacial score (nSPS) is 15.0. The molecule has 0 fully saturated rings. The van der Waals surface area contributed by atoms with E-state index < -0.39 is 5.41 Å². The molecule has 0 radical (unpaired) electrons. The standard InChI is InChI=1S/C64H49NO/c1-5-7-20-48-41-58(44(4)43(48)3)54(19-6-2)47-31-35-52(36-32-47)65(51-33-29-46(30-34-51)45-21-11-8-12-22-45)53-37-38-57-60(42-53)64(49-23-13-9-14-24-49,50-25-15-10-16-26-50)59-40-39-56-55-27-17-18-28-61(55)66-63(56)62(57)59/h5-40,42H,1,4,41H2,2-3H3/b19-6-,20-7-,58-54+. The van der Waals surface area contributed by atoms with Crippen LogP contribution in [0.5, 0.6) is 0 Å². The van der Waals surface area contributed by atoms with Crippen LogP contribution in [0.25, 0.3) is 49.8 Å². The van der Waals surface area contributed by atoms with E-state index in [0.717, 1.165) is 62.1 Å². The molecule has 2 nitrogen and oxygen atoms in total. The molecule has 0 spiro atoms. The summed E-state index contributed by atoms with van der Waals surface area (Å²) in [4.78, 5) is 2.40. The van der Waals surface area contributed by atoms with Gasteiger partial charge in [0.25, 0.3) is 0 Å². The van der Waals surface area contributed by atoms with Crippen LogP contribution >= 0.6 is 0 Å². The number of nitrogens with zero attached hydrogens (tertiary/aromatic N) is 1. The molecule has 0 saturated heterocycles. The minimum atomic E-state index is -0.633. The molecule has 1 aromatic heterocycles. The van der Waals surface area contributed by atoms with E-state index in [0.29, 0.717) is 0 Å². The smallest absolute Gasteiger partial charge is 0.143 e. The Kier molecular flexibility index (Phi) is 10.3. The quantitative estimate of drug-likeness (QED) is 0.128. The SMILES string of the molecule is C=C/C=C\C1=C(C)C(=C)/C(=C(\C=C/C)c2ccc(N(c3ccc(-c4ccccc4)cc3)c3ccc4c(c3)C(c3ccccc3)(c3ccccc3)c3ccc5c(oc6ccccc65)c3-4)cc2)C1. The molecule has 1 heterocycles. The molecule has 0 bridgehead atoms. The van der Waals surface area contributed by atoms with Crippen LogP contribution in [-0.2, 0) is 5.41 Å². The van der Waals surface area contributed by atoms with E-state index in [1.807, 2.05) is 12.2 Å². The Morgan fingerprint density at radius 3 is 1.89 bits per heavy atom. The lowest BCUT2D eigenvalue weighted by atomic mass is 9.67. The largest absolute Gasteiger partial charge is 0.455 e. The number of hydrogen-bond acceptors (Lipinski definition) is 2. The second kappa shape index (κ2) is 16.7. The first-order chi connectivity index (χ1) is 32.5. The molecule has 0 amide bonds. The van der Waals surface area contributed by atoms with Gasteiger partial charge in [0, 0.05) is 33.4 Å². The molecule has 0 aliphatic heterocycles. The fourth-order valence-electron chi connectivity index (χ4n) is 10.6. The van der Waals surface area contributed by atoms with Gasteiger partial charge in [0.2, 0.25) is 0 Å². The lowest BCUT2D eigenvalue weighted by molar-refractivity contribution is 0.669. The van der Waals surface area contributed by atoms with Crippen LogP contribution in [0.3, 0.4) is 0 Å². The van der Waals surface area contributed by atoms with Crippen molar-refractivity contribution in [3.05, 3.63) is 288 Å². The summed E-state index contributed by atoms with van der Waals surface area (Å²) in [5.74, 6) is 0. The maximum atomic E-state index is 6.87. The second-order valence-electron chi connectivity index (χ2n) is 17.3. The van der Waals surface area contributed by atoms with Crippen molar-refractivity contribution in [1.29, 1.82) is 0 Å². The molecule has 0 saturated carbocycles. The van der Waals surface area contributed by atoms with Gasteiger partial charge in [-0.3, -0.25) is 0 Å². The number of furan rings is 1. The van der Waals surface area contributed by atoms with Gasteiger partial charge in [-0.2, -0.15) is 0 Å². The second-order valence-corrected chi connectivity index (χ2v) is 17.3. The summed E-state index contributed by atoms with van der Waals surface area (Å²) in [7, 11) is 0. The van der Waals surface area contributed by atoms with Crippen LogP contribution in [0, 0.1) is 0 Å². The Morgan fingerprint density at radius 1 is 0.621 bits per heavy atom. The molecule has 0 atom stereocenters. The minimum Gasteiger partial charge on any atom is -0.455 e. The van der Waals surface area contributed by atoms with Gasteiger partial charge in [-0.05, 0) is 135 Å². The average molecular weight is 848 g/mol. The Bertz CT molecular complexity index is 3410. The molecule has 11 rings (SSSR count). The zero-order valence-electron chi connectivity index (χ0n) is 37.3. The topological polar surface area (TPSA) is 16.4 Å². The van der Waals surface area contributed by atoms with E-state index in [-0.39, 0.29) is 0 Å². The van der Waals surface area contributed by atoms with Crippen LogP contribution in [0.1, 0.15) is 48.1 Å². The van der Waals surface area contributed by atoms with Crippen molar-refractivity contribution in [2.75, 3.05) is 4.90 Å². The van der Waals surface area contributed by atoms with E-state index in [1.54, 1.807) is 0 Å². The summed E-state index contributed by atoms with van der Waals surface area (Å²) in [6, 6.07) is 70.7. The van der Waals surface area contributed by atoms with Gasteiger partial charge in [-0.25, -0.2) is 0 Å². The van der Waals surface area contributed by atoms with Crippen LogP contribution in [0.2, 0.25) is 0 Å². The first-order valence-corrected chi connectivity index (χ1v) is 22.8. The molecule has 9 aromatic rings. The Morgan fingerprint density at radius 2 is 1.23 bits per heavy atom. The molecule has 0 unspecified atom stereocenters. The number of hydrogen-bond donors (Lipinski definition) is 0. The highest BCUT2D eigenvalue weighted by molar-refractivity contribution is 6.12. The van der Waals surface area contributed by atoms with Crippen LogP contribution < -0.4 is 4.90 Å². The third-order valence-corrected chi connectivity index (χ3v) is 13.7. The summed E-state index contributed by atoms with van der Waals surface area (Å²) in [5.41, 5.74) is 21.1. The number of para-hydroxylation sites is 1. The van der Waals surface area contributed by atoms with Crippen molar-refractivity contribution < 1.29 is 4.42 Å². The van der Waals surface area contributed by atoms with Crippen LogP contribution in [-0.4, -0.2) is 0 Å². The lowest BCUT2D eigenvalue weighted by Crippen LogP contribution is -2.28. The Labute approximate surface area is 387 Å². The molecule has 2 heteroatoms. The molecule has 66 heavy (non-hydrogen) atoms. The predicted molar refractivity (Wildman–Crippen MR) is 279 cm³/mol. The van der Waals surface area contributed by atoms with E-state index >= 15 is 0 Å². The van der Waals surface area contributed by atoms with Crippen LogP contribution in [0.4, 0.5) is 17.1 Å². The van der Waals surface area contributed by atoms with Gasteiger partial charge in [-0.1, -0.05) is 195 Å². The number of anilines is 3. The van der Waals surface area contributed by atoms with E-state index in [2.05, 4.69) is 244 Å². The summed E-state index contributed by atoms with van der Waals surface area (Å²) in [5, 5.41) is 2.25. The molecule has 0 N–H and O–H groups in total. The highest BCUT2D eigenvalue weighted by Gasteiger charge is 2.48. The molecule has 2 aliphatic carbocycles. The van der Waals surface area contributed by atoms with Crippen molar-refractivity contribution in [2.45, 2.75) is 25.7 Å². The van der Waals surface area contributed by atoms with Gasteiger partial charge in [0.1, 0.15) is 11.2 Å². The Balaban J connectivity index is 1.13. The van der Waals surface area contributed by atoms with Gasteiger partial charge >= 0.3 is 0 Å². The van der Waals surface area contributed by atoms with Gasteiger partial charge in [0.05, 0.1) is 5.41 Å². The van der Waals surface area contributed by atoms with Crippen LogP contribution in [0.15, 0.2) is 264 Å². The van der Waals surface area contributed by atoms with Crippen molar-refractivity contribution >= 4 is 44.6 Å².